The fourth-order valence-electron chi connectivity index (χ4n) is 1.83. The first-order valence-corrected chi connectivity index (χ1v) is 8.82. The Bertz CT molecular complexity index is 345. The maximum atomic E-state index is 12.7. The maximum Gasteiger partial charge on any atom is 0.453 e. The molecule has 23 heavy (non-hydrogen) atoms. The summed E-state index contributed by atoms with van der Waals surface area (Å²) in [5.41, 5.74) is 0. The van der Waals surface area contributed by atoms with Gasteiger partial charge in [0.05, 0.1) is 6.10 Å². The van der Waals surface area contributed by atoms with Crippen LogP contribution in [0, 0.1) is 0 Å². The van der Waals surface area contributed by atoms with Gasteiger partial charge in [0, 0.05) is 6.42 Å². The van der Waals surface area contributed by atoms with E-state index in [0.717, 1.165) is 6.42 Å². The van der Waals surface area contributed by atoms with Gasteiger partial charge in [-0.3, -0.25) is 4.79 Å². The minimum Gasteiger partial charge on any atom is -0.462 e. The van der Waals surface area contributed by atoms with Crippen molar-refractivity contribution in [3.8, 4) is 0 Å². The molecule has 0 aromatic carbocycles. The van der Waals surface area contributed by atoms with E-state index in [1.807, 2.05) is 6.92 Å². The summed E-state index contributed by atoms with van der Waals surface area (Å²) in [6.07, 6.45) is -4.83. The second-order valence-corrected chi connectivity index (χ2v) is 6.96. The quantitative estimate of drug-likeness (QED) is 0.271. The van der Waals surface area contributed by atoms with Gasteiger partial charge in [-0.25, -0.2) is 0 Å². The molecule has 138 valence electrons. The average Bonchev–Trinajstić information content (AvgIpc) is 2.39. The Balaban J connectivity index is 4.01. The van der Waals surface area contributed by atoms with Crippen LogP contribution >= 0.6 is 11.8 Å². The minimum absolute atomic E-state index is 0.193. The van der Waals surface area contributed by atoms with Crippen molar-refractivity contribution in [3.05, 3.63) is 0 Å². The lowest BCUT2D eigenvalue weighted by Crippen LogP contribution is -2.36. The molecule has 0 bridgehead atoms. The zero-order valence-corrected chi connectivity index (χ0v) is 14.5. The van der Waals surface area contributed by atoms with E-state index in [-0.39, 0.29) is 30.2 Å². The van der Waals surface area contributed by atoms with E-state index in [1.165, 1.54) is 11.8 Å². The van der Waals surface area contributed by atoms with Crippen LogP contribution in [0.3, 0.4) is 0 Å². The predicted molar refractivity (Wildman–Crippen MR) is 81.9 cm³/mol. The molecule has 0 heterocycles. The largest absolute Gasteiger partial charge is 0.462 e. The van der Waals surface area contributed by atoms with Crippen LogP contribution in [-0.2, 0) is 9.53 Å². The molecule has 0 N–H and O–H groups in total. The fraction of sp³-hybridized carbons (Fsp3) is 0.933. The molecule has 1 unspecified atom stereocenters. The molecular formula is C15H25F5O2S. The van der Waals surface area contributed by atoms with Gasteiger partial charge in [-0.15, -0.1) is 11.8 Å². The summed E-state index contributed by atoms with van der Waals surface area (Å²) in [4.78, 5) is 11.8. The fourth-order valence-corrected chi connectivity index (χ4v) is 3.08. The topological polar surface area (TPSA) is 26.3 Å². The molecule has 8 heteroatoms. The Morgan fingerprint density at radius 3 is 2.17 bits per heavy atom. The highest BCUT2D eigenvalue weighted by atomic mass is 32.2. The number of carbonyl (C=O) groups is 1. The molecule has 0 rings (SSSR count). The van der Waals surface area contributed by atoms with Gasteiger partial charge in [0.1, 0.15) is 5.25 Å². The molecule has 2 nitrogen and oxygen atoms in total. The smallest absolute Gasteiger partial charge is 0.453 e. The summed E-state index contributed by atoms with van der Waals surface area (Å²) < 4.78 is 66.5. The van der Waals surface area contributed by atoms with Crippen molar-refractivity contribution in [1.82, 2.24) is 0 Å². The van der Waals surface area contributed by atoms with Gasteiger partial charge in [0.2, 0.25) is 0 Å². The van der Waals surface area contributed by atoms with Crippen molar-refractivity contribution in [2.24, 2.45) is 0 Å². The van der Waals surface area contributed by atoms with Crippen LogP contribution in [0.4, 0.5) is 22.0 Å². The standard InChI is InChI=1S/C15H25F5O2S/c1-4-8-12(13(21)22-11(2)3)23-10-7-5-6-9-14(16,17)15(18,19)20/h11-12H,4-10H2,1-3H3. The second kappa shape index (κ2) is 10.4. The van der Waals surface area contributed by atoms with Gasteiger partial charge < -0.3 is 4.74 Å². The van der Waals surface area contributed by atoms with Crippen molar-refractivity contribution >= 4 is 17.7 Å². The first-order chi connectivity index (χ1) is 10.5. The highest BCUT2D eigenvalue weighted by Gasteiger charge is 2.56. The zero-order valence-electron chi connectivity index (χ0n) is 13.7. The van der Waals surface area contributed by atoms with Crippen LogP contribution in [0.15, 0.2) is 0 Å². The molecule has 0 aromatic heterocycles. The Morgan fingerprint density at radius 1 is 1.09 bits per heavy atom. The molecule has 1 atom stereocenters. The number of hydrogen-bond donors (Lipinski definition) is 0. The van der Waals surface area contributed by atoms with Gasteiger partial charge >= 0.3 is 18.1 Å². The molecule has 0 aliphatic heterocycles. The number of halogens is 5. The van der Waals surface area contributed by atoms with E-state index in [9.17, 15) is 26.7 Å². The lowest BCUT2D eigenvalue weighted by Gasteiger charge is -2.19. The lowest BCUT2D eigenvalue weighted by molar-refractivity contribution is -0.284. The molecule has 0 aliphatic carbocycles. The van der Waals surface area contributed by atoms with Gasteiger partial charge in [-0.05, 0) is 38.9 Å². The van der Waals surface area contributed by atoms with E-state index in [4.69, 9.17) is 4.74 Å². The third-order valence-electron chi connectivity index (χ3n) is 3.03. The third kappa shape index (κ3) is 9.37. The van der Waals surface area contributed by atoms with Gasteiger partial charge in [-0.2, -0.15) is 22.0 Å². The molecule has 0 radical (unpaired) electrons. The molecule has 0 spiro atoms. The highest BCUT2D eigenvalue weighted by molar-refractivity contribution is 8.00. The van der Waals surface area contributed by atoms with E-state index < -0.39 is 18.5 Å². The van der Waals surface area contributed by atoms with Crippen LogP contribution in [0.25, 0.3) is 0 Å². The summed E-state index contributed by atoms with van der Waals surface area (Å²) in [6, 6.07) is 0. The summed E-state index contributed by atoms with van der Waals surface area (Å²) in [5, 5.41) is -0.306. The first kappa shape index (κ1) is 22.5. The third-order valence-corrected chi connectivity index (χ3v) is 4.39. The first-order valence-electron chi connectivity index (χ1n) is 7.78. The molecule has 0 aromatic rings. The number of ether oxygens (including phenoxy) is 1. The number of thioether (sulfide) groups is 1. The van der Waals surface area contributed by atoms with Crippen LogP contribution in [0.2, 0.25) is 0 Å². The van der Waals surface area contributed by atoms with Crippen LogP contribution in [0.1, 0.15) is 59.3 Å². The Hall–Kier alpha value is -0.530. The van der Waals surface area contributed by atoms with Crippen LogP contribution in [-0.4, -0.2) is 35.2 Å². The summed E-state index contributed by atoms with van der Waals surface area (Å²) in [5.74, 6) is -4.38. The minimum atomic E-state index is -5.48. The lowest BCUT2D eigenvalue weighted by atomic mass is 10.1. The summed E-state index contributed by atoms with van der Waals surface area (Å²) >= 11 is 1.38. The van der Waals surface area contributed by atoms with E-state index in [2.05, 4.69) is 0 Å². The molecular weight excluding hydrogens is 339 g/mol. The zero-order chi connectivity index (χ0) is 18.1. The summed E-state index contributed by atoms with van der Waals surface area (Å²) in [6.45, 7) is 5.45. The predicted octanol–water partition coefficient (Wildman–Crippen LogP) is 5.60. The van der Waals surface area contributed by atoms with Crippen LogP contribution < -0.4 is 0 Å². The Kier molecular flexibility index (Phi) is 10.1. The van der Waals surface area contributed by atoms with E-state index >= 15 is 0 Å². The number of esters is 1. The Morgan fingerprint density at radius 2 is 1.70 bits per heavy atom. The van der Waals surface area contributed by atoms with Gasteiger partial charge in [-0.1, -0.05) is 19.8 Å². The number of rotatable bonds is 11. The number of carbonyl (C=O) groups excluding carboxylic acids is 1. The van der Waals surface area contributed by atoms with Crippen molar-refractivity contribution < 1.29 is 31.5 Å². The number of hydrogen-bond acceptors (Lipinski definition) is 3. The molecule has 0 fully saturated rings. The van der Waals surface area contributed by atoms with Crippen molar-refractivity contribution in [2.45, 2.75) is 82.7 Å². The monoisotopic (exact) mass is 364 g/mol. The van der Waals surface area contributed by atoms with E-state index in [0.29, 0.717) is 18.6 Å². The van der Waals surface area contributed by atoms with Crippen molar-refractivity contribution in [1.29, 1.82) is 0 Å². The second-order valence-electron chi connectivity index (χ2n) is 5.65. The number of unbranched alkanes of at least 4 members (excludes halogenated alkanes) is 2. The number of alkyl halides is 5. The van der Waals surface area contributed by atoms with Crippen LogP contribution in [0.5, 0.6) is 0 Å². The molecule has 0 aliphatic rings. The molecule has 0 amide bonds. The van der Waals surface area contributed by atoms with Crippen molar-refractivity contribution in [3.63, 3.8) is 0 Å². The summed E-state index contributed by atoms with van der Waals surface area (Å²) in [7, 11) is 0. The van der Waals surface area contributed by atoms with Crippen molar-refractivity contribution in [2.75, 3.05) is 5.75 Å². The molecule has 0 saturated heterocycles. The maximum absolute atomic E-state index is 12.7. The normalized spacial score (nSPS) is 14.1. The van der Waals surface area contributed by atoms with Gasteiger partial charge in [0.15, 0.2) is 0 Å². The average molecular weight is 364 g/mol. The SMILES string of the molecule is CCCC(SCCCCCC(F)(F)C(F)(F)F)C(=O)OC(C)C. The molecule has 0 saturated carbocycles. The Labute approximate surface area is 138 Å². The highest BCUT2D eigenvalue weighted by Crippen LogP contribution is 2.39. The van der Waals surface area contributed by atoms with E-state index in [1.54, 1.807) is 13.8 Å². The van der Waals surface area contributed by atoms with Gasteiger partial charge in [0.25, 0.3) is 0 Å².